The van der Waals surface area contributed by atoms with Gasteiger partial charge in [-0.15, -0.1) is 0 Å². The second-order valence-corrected chi connectivity index (χ2v) is 7.33. The number of hydrogen-bond acceptors (Lipinski definition) is 5. The monoisotopic (exact) mass is 402 g/mol. The van der Waals surface area contributed by atoms with Crippen LogP contribution in [0.3, 0.4) is 0 Å². The molecule has 2 aromatic heterocycles. The Morgan fingerprint density at radius 2 is 1.67 bits per heavy atom. The van der Waals surface area contributed by atoms with Gasteiger partial charge in [-0.05, 0) is 44.0 Å². The summed E-state index contributed by atoms with van der Waals surface area (Å²) in [7, 11) is 3.27. The third-order valence-corrected chi connectivity index (χ3v) is 5.23. The number of ether oxygens (including phenoxy) is 2. The first-order valence-electron chi connectivity index (χ1n) is 9.92. The summed E-state index contributed by atoms with van der Waals surface area (Å²) in [4.78, 5) is 4.80. The van der Waals surface area contributed by atoms with Crippen LogP contribution in [0.15, 0.2) is 54.6 Å². The van der Waals surface area contributed by atoms with Crippen molar-refractivity contribution in [2.24, 2.45) is 0 Å². The Morgan fingerprint density at radius 3 is 2.37 bits per heavy atom. The Morgan fingerprint density at radius 1 is 0.933 bits per heavy atom. The van der Waals surface area contributed by atoms with E-state index in [2.05, 4.69) is 24.4 Å². The van der Waals surface area contributed by atoms with Crippen molar-refractivity contribution in [2.75, 3.05) is 19.5 Å². The molecular formula is C24H26N4O2. The first-order valence-corrected chi connectivity index (χ1v) is 9.92. The number of methoxy groups -OCH3 is 2. The third kappa shape index (κ3) is 3.56. The molecule has 0 bridgehead atoms. The molecule has 6 heteroatoms. The second kappa shape index (κ2) is 8.06. The Balaban J connectivity index is 1.81. The average Bonchev–Trinajstić information content (AvgIpc) is 3.09. The fourth-order valence-corrected chi connectivity index (χ4v) is 3.72. The topological polar surface area (TPSA) is 60.7 Å². The van der Waals surface area contributed by atoms with Crippen molar-refractivity contribution in [3.63, 3.8) is 0 Å². The fourth-order valence-electron chi connectivity index (χ4n) is 3.72. The molecule has 0 aliphatic carbocycles. The van der Waals surface area contributed by atoms with Crippen molar-refractivity contribution >= 4 is 11.5 Å². The Labute approximate surface area is 176 Å². The van der Waals surface area contributed by atoms with Gasteiger partial charge in [0.25, 0.3) is 0 Å². The molecule has 2 heterocycles. The van der Waals surface area contributed by atoms with Crippen LogP contribution >= 0.6 is 0 Å². The molecule has 1 N–H and O–H groups in total. The van der Waals surface area contributed by atoms with Crippen LogP contribution in [0.4, 0.5) is 5.82 Å². The molecule has 2 aromatic carbocycles. The van der Waals surface area contributed by atoms with Crippen LogP contribution < -0.4 is 14.8 Å². The number of benzene rings is 2. The van der Waals surface area contributed by atoms with Crippen LogP contribution in [0.1, 0.15) is 29.9 Å². The van der Waals surface area contributed by atoms with Gasteiger partial charge in [0.2, 0.25) is 0 Å². The number of rotatable bonds is 6. The average molecular weight is 402 g/mol. The summed E-state index contributed by atoms with van der Waals surface area (Å²) in [6.45, 7) is 6.14. The molecule has 0 fully saturated rings. The van der Waals surface area contributed by atoms with Gasteiger partial charge < -0.3 is 14.8 Å². The molecule has 6 nitrogen and oxygen atoms in total. The molecule has 0 amide bonds. The van der Waals surface area contributed by atoms with Crippen LogP contribution in [0.2, 0.25) is 0 Å². The quantitative estimate of drug-likeness (QED) is 0.480. The molecule has 0 unspecified atom stereocenters. The normalized spacial score (nSPS) is 12.0. The molecule has 0 aliphatic rings. The lowest BCUT2D eigenvalue weighted by Crippen LogP contribution is -2.11. The van der Waals surface area contributed by atoms with Gasteiger partial charge in [0.05, 0.1) is 19.9 Å². The maximum atomic E-state index is 5.49. The van der Waals surface area contributed by atoms with Gasteiger partial charge in [0, 0.05) is 23.4 Å². The smallest absolute Gasteiger partial charge is 0.165 e. The second-order valence-electron chi connectivity index (χ2n) is 7.33. The largest absolute Gasteiger partial charge is 0.493 e. The Bertz CT molecular complexity index is 1190. The molecule has 0 saturated carbocycles. The minimum atomic E-state index is 0.130. The van der Waals surface area contributed by atoms with E-state index in [0.717, 1.165) is 34.0 Å². The van der Waals surface area contributed by atoms with Crippen molar-refractivity contribution in [1.82, 2.24) is 14.6 Å². The first-order chi connectivity index (χ1) is 14.5. The van der Waals surface area contributed by atoms with Gasteiger partial charge in [-0.2, -0.15) is 9.61 Å². The van der Waals surface area contributed by atoms with Gasteiger partial charge in [0.15, 0.2) is 17.1 Å². The number of anilines is 1. The van der Waals surface area contributed by atoms with Gasteiger partial charge in [-0.25, -0.2) is 4.98 Å². The standard InChI is InChI=1S/C24H26N4O2/c1-15-13-22(26-16(2)18-9-7-6-8-10-18)28-24(25-15)23(17(3)27-28)19-11-12-20(29-4)21(14-19)30-5/h6-14,16,26H,1-5H3/t16-/m1/s1. The number of aromatic nitrogens is 3. The van der Waals surface area contributed by atoms with E-state index >= 15 is 0 Å². The maximum Gasteiger partial charge on any atom is 0.165 e. The van der Waals surface area contributed by atoms with Gasteiger partial charge >= 0.3 is 0 Å². The Kier molecular flexibility index (Phi) is 5.31. The summed E-state index contributed by atoms with van der Waals surface area (Å²) >= 11 is 0. The zero-order chi connectivity index (χ0) is 21.3. The van der Waals surface area contributed by atoms with Gasteiger partial charge in [-0.1, -0.05) is 36.4 Å². The molecule has 154 valence electrons. The molecule has 1 atom stereocenters. The third-order valence-electron chi connectivity index (χ3n) is 5.23. The summed E-state index contributed by atoms with van der Waals surface area (Å²) in [6, 6.07) is 18.4. The number of nitrogens with zero attached hydrogens (tertiary/aromatic N) is 3. The SMILES string of the molecule is COc1ccc(-c2c(C)nn3c(N[C@H](C)c4ccccc4)cc(C)nc23)cc1OC. The van der Waals surface area contributed by atoms with E-state index in [9.17, 15) is 0 Å². The van der Waals surface area contributed by atoms with Crippen LogP contribution in [-0.2, 0) is 0 Å². The van der Waals surface area contributed by atoms with Crippen LogP contribution in [0.25, 0.3) is 16.8 Å². The summed E-state index contributed by atoms with van der Waals surface area (Å²) < 4.78 is 12.8. The number of fused-ring (bicyclic) bond motifs is 1. The van der Waals surface area contributed by atoms with E-state index in [-0.39, 0.29) is 6.04 Å². The first kappa shape index (κ1) is 19.8. The molecule has 0 spiro atoms. The highest BCUT2D eigenvalue weighted by atomic mass is 16.5. The van der Waals surface area contributed by atoms with Gasteiger partial charge in [0.1, 0.15) is 5.82 Å². The fraction of sp³-hybridized carbons (Fsp3) is 0.250. The molecule has 0 aliphatic heterocycles. The highest BCUT2D eigenvalue weighted by Crippen LogP contribution is 2.36. The number of nitrogens with one attached hydrogen (secondary N) is 1. The highest BCUT2D eigenvalue weighted by molar-refractivity contribution is 5.82. The summed E-state index contributed by atoms with van der Waals surface area (Å²) in [5, 5.41) is 8.39. The summed E-state index contributed by atoms with van der Waals surface area (Å²) in [5.41, 5.74) is 5.81. The highest BCUT2D eigenvalue weighted by Gasteiger charge is 2.18. The van der Waals surface area contributed by atoms with Crippen molar-refractivity contribution < 1.29 is 9.47 Å². The predicted octanol–water partition coefficient (Wildman–Crippen LogP) is 5.20. The van der Waals surface area contributed by atoms with Crippen molar-refractivity contribution in [1.29, 1.82) is 0 Å². The van der Waals surface area contributed by atoms with Crippen LogP contribution in [-0.4, -0.2) is 28.8 Å². The van der Waals surface area contributed by atoms with E-state index in [1.165, 1.54) is 5.56 Å². The Hall–Kier alpha value is -3.54. The molecule has 30 heavy (non-hydrogen) atoms. The minimum absolute atomic E-state index is 0.130. The lowest BCUT2D eigenvalue weighted by Gasteiger charge is -2.17. The van der Waals surface area contributed by atoms with E-state index in [1.54, 1.807) is 14.2 Å². The molecule has 4 aromatic rings. The predicted molar refractivity (Wildman–Crippen MR) is 119 cm³/mol. The summed E-state index contributed by atoms with van der Waals surface area (Å²) in [5.74, 6) is 2.28. The molecular weight excluding hydrogens is 376 g/mol. The van der Waals surface area contributed by atoms with E-state index in [1.807, 2.05) is 60.8 Å². The minimum Gasteiger partial charge on any atom is -0.493 e. The maximum absolute atomic E-state index is 5.49. The van der Waals surface area contributed by atoms with Crippen LogP contribution in [0, 0.1) is 13.8 Å². The number of hydrogen-bond donors (Lipinski definition) is 1. The molecule has 0 saturated heterocycles. The summed E-state index contributed by atoms with van der Waals surface area (Å²) in [6.07, 6.45) is 0. The van der Waals surface area contributed by atoms with E-state index in [0.29, 0.717) is 11.5 Å². The van der Waals surface area contributed by atoms with Crippen molar-refractivity contribution in [3.05, 3.63) is 71.5 Å². The van der Waals surface area contributed by atoms with Crippen molar-refractivity contribution in [3.8, 4) is 22.6 Å². The van der Waals surface area contributed by atoms with Crippen molar-refractivity contribution in [2.45, 2.75) is 26.8 Å². The lowest BCUT2D eigenvalue weighted by molar-refractivity contribution is 0.355. The van der Waals surface area contributed by atoms with E-state index < -0.39 is 0 Å². The number of aryl methyl sites for hydroxylation is 2. The van der Waals surface area contributed by atoms with E-state index in [4.69, 9.17) is 19.6 Å². The lowest BCUT2D eigenvalue weighted by atomic mass is 10.1. The van der Waals surface area contributed by atoms with Gasteiger partial charge in [-0.3, -0.25) is 0 Å². The van der Waals surface area contributed by atoms with Crippen LogP contribution in [0.5, 0.6) is 11.5 Å². The molecule has 4 rings (SSSR count). The zero-order valence-corrected chi connectivity index (χ0v) is 17.9. The molecule has 0 radical (unpaired) electrons. The zero-order valence-electron chi connectivity index (χ0n) is 17.9.